The predicted molar refractivity (Wildman–Crippen MR) is 295 cm³/mol. The van der Waals surface area contributed by atoms with Crippen molar-refractivity contribution in [3.63, 3.8) is 0 Å². The molecule has 19 heteroatoms. The standard InChI is InChI=1S/C29H33FN2O5S.C24H21ClFNO4S.C5H13NO/c1-29(2,20-37-4)31-38(35,36)25-16-10-22(11-17-25)19-27(33)26(18-21-8-6-5-7-9-21)32(3)28(34)23-12-14-24(30)15-13-23;1-27(24(29)19-9-11-20(26)12-10-19)22(15-17-5-3-2-4-6-17)23(28)16-18-7-13-21(14-8-18)32(25,30)31;1-5(2,6)4-7-3/h5-17,26,31H,18-20H2,1-4H3;2-14,22H,15-16H2,1H3;4,6H2,1-3H3/t26-;22-;/m00./s1. The molecule has 6 aromatic rings. The van der Waals surface area contributed by atoms with Gasteiger partial charge in [-0.15, -0.1) is 0 Å². The van der Waals surface area contributed by atoms with Gasteiger partial charge >= 0.3 is 0 Å². The molecule has 0 saturated heterocycles. The van der Waals surface area contributed by atoms with Gasteiger partial charge < -0.3 is 25.0 Å². The number of halogens is 3. The number of likely N-dealkylation sites (N-methyl/N-ethyl adjacent to an activating group) is 2. The Kier molecular flexibility index (Phi) is 23.5. The average molecular weight is 1120 g/mol. The van der Waals surface area contributed by atoms with Crippen LogP contribution in [0.3, 0.4) is 0 Å². The summed E-state index contributed by atoms with van der Waals surface area (Å²) in [5.41, 5.74) is 8.08. The van der Waals surface area contributed by atoms with E-state index in [1.807, 2.05) is 74.5 Å². The van der Waals surface area contributed by atoms with Crippen LogP contribution in [0.1, 0.15) is 70.7 Å². The lowest BCUT2D eigenvalue weighted by Gasteiger charge is -2.28. The number of ketones is 2. The molecule has 0 fully saturated rings. The highest BCUT2D eigenvalue weighted by Crippen LogP contribution is 2.21. The maximum absolute atomic E-state index is 13.5. The molecule has 0 bridgehead atoms. The van der Waals surface area contributed by atoms with Crippen LogP contribution in [0, 0.1) is 11.6 Å². The number of ether oxygens (including phenoxy) is 2. The monoisotopic (exact) mass is 1120 g/mol. The van der Waals surface area contributed by atoms with E-state index in [0.29, 0.717) is 30.6 Å². The molecule has 2 atom stereocenters. The number of nitrogens with zero attached hydrogens (tertiary/aromatic N) is 2. The fraction of sp³-hybridized carbons (Fsp3) is 0.310. The number of nitrogens with two attached hydrogens (primary N) is 1. The second-order valence-electron chi connectivity index (χ2n) is 19.6. The van der Waals surface area contributed by atoms with Gasteiger partial charge in [0.15, 0.2) is 11.6 Å². The number of hydrogen-bond acceptors (Lipinski definition) is 11. The molecule has 6 aromatic carbocycles. The number of hydrogen-bond donors (Lipinski definition) is 2. The molecule has 0 radical (unpaired) electrons. The van der Waals surface area contributed by atoms with Gasteiger partial charge in [0.1, 0.15) is 11.6 Å². The van der Waals surface area contributed by atoms with Crippen LogP contribution in [-0.4, -0.2) is 115 Å². The van der Waals surface area contributed by atoms with Crippen LogP contribution in [0.5, 0.6) is 0 Å². The summed E-state index contributed by atoms with van der Waals surface area (Å²) in [5.74, 6) is -2.13. The summed E-state index contributed by atoms with van der Waals surface area (Å²) in [6.07, 6.45) is 0.605. The van der Waals surface area contributed by atoms with Gasteiger partial charge in [0.05, 0.1) is 40.6 Å². The zero-order chi connectivity index (χ0) is 57.1. The van der Waals surface area contributed by atoms with Crippen LogP contribution >= 0.6 is 10.7 Å². The lowest BCUT2D eigenvalue weighted by Crippen LogP contribution is -2.46. The Bertz CT molecular complexity index is 3090. The number of nitrogens with one attached hydrogen (secondary N) is 1. The highest BCUT2D eigenvalue weighted by atomic mass is 35.7. The molecule has 2 amide bonds. The van der Waals surface area contributed by atoms with Crippen molar-refractivity contribution < 1.29 is 54.3 Å². The quantitative estimate of drug-likeness (QED) is 0.0617. The molecule has 0 unspecified atom stereocenters. The van der Waals surface area contributed by atoms with Crippen molar-refractivity contribution in [3.8, 4) is 0 Å². The maximum Gasteiger partial charge on any atom is 0.261 e. The van der Waals surface area contributed by atoms with Crippen molar-refractivity contribution in [2.45, 2.75) is 86.3 Å². The van der Waals surface area contributed by atoms with E-state index in [1.54, 1.807) is 47.2 Å². The summed E-state index contributed by atoms with van der Waals surface area (Å²) < 4.78 is 87.5. The van der Waals surface area contributed by atoms with Crippen molar-refractivity contribution in [1.29, 1.82) is 0 Å². The molecule has 6 rings (SSSR count). The van der Waals surface area contributed by atoms with Crippen LogP contribution < -0.4 is 10.5 Å². The third kappa shape index (κ3) is 20.8. The zero-order valence-electron chi connectivity index (χ0n) is 44.4. The van der Waals surface area contributed by atoms with Crippen LogP contribution in [0.25, 0.3) is 0 Å². The van der Waals surface area contributed by atoms with Crippen molar-refractivity contribution in [1.82, 2.24) is 14.5 Å². The molecule has 0 aliphatic rings. The fourth-order valence-electron chi connectivity index (χ4n) is 7.86. The second kappa shape index (κ2) is 28.7. The predicted octanol–water partition coefficient (Wildman–Crippen LogP) is 8.64. The molecule has 0 aliphatic carbocycles. The molecular weight excluding hydrogens is 1050 g/mol. The average Bonchev–Trinajstić information content (AvgIpc) is 3.37. The van der Waals surface area contributed by atoms with Gasteiger partial charge in [-0.05, 0) is 136 Å². The van der Waals surface area contributed by atoms with E-state index in [9.17, 15) is 44.8 Å². The Morgan fingerprint density at radius 2 is 0.896 bits per heavy atom. The van der Waals surface area contributed by atoms with E-state index in [1.165, 1.54) is 102 Å². The van der Waals surface area contributed by atoms with E-state index in [0.717, 1.165) is 11.1 Å². The largest absolute Gasteiger partial charge is 0.383 e. The first-order valence-corrected chi connectivity index (χ1v) is 28.0. The summed E-state index contributed by atoms with van der Waals surface area (Å²) in [6.45, 7) is 8.11. The first-order chi connectivity index (χ1) is 36.1. The summed E-state index contributed by atoms with van der Waals surface area (Å²) >= 11 is 0. The molecule has 0 saturated carbocycles. The molecule has 77 heavy (non-hydrogen) atoms. The minimum atomic E-state index is -3.86. The third-order valence-corrected chi connectivity index (χ3v) is 14.8. The van der Waals surface area contributed by atoms with Gasteiger partial charge in [0, 0.05) is 68.5 Å². The van der Waals surface area contributed by atoms with Gasteiger partial charge in [-0.3, -0.25) is 19.2 Å². The lowest BCUT2D eigenvalue weighted by atomic mass is 9.96. The van der Waals surface area contributed by atoms with E-state index >= 15 is 0 Å². The zero-order valence-corrected chi connectivity index (χ0v) is 46.8. The smallest absolute Gasteiger partial charge is 0.261 e. The molecule has 3 N–H and O–H groups in total. The molecule has 14 nitrogen and oxygen atoms in total. The van der Waals surface area contributed by atoms with Crippen LogP contribution in [0.15, 0.2) is 168 Å². The van der Waals surface area contributed by atoms with Gasteiger partial charge in [-0.2, -0.15) is 0 Å². The Morgan fingerprint density at radius 1 is 0.545 bits per heavy atom. The van der Waals surface area contributed by atoms with Gasteiger partial charge in [0.25, 0.3) is 20.9 Å². The Balaban J connectivity index is 0.000000299. The highest BCUT2D eigenvalue weighted by molar-refractivity contribution is 8.13. The lowest BCUT2D eigenvalue weighted by molar-refractivity contribution is -0.123. The second-order valence-corrected chi connectivity index (χ2v) is 23.9. The van der Waals surface area contributed by atoms with E-state index in [2.05, 4.69) is 4.72 Å². The van der Waals surface area contributed by atoms with Crippen LogP contribution in [-0.2, 0) is 63.8 Å². The molecule has 0 aromatic heterocycles. The van der Waals surface area contributed by atoms with Crippen LogP contribution in [0.2, 0.25) is 0 Å². The number of Topliss-reactive ketones (excluding diaryl/α,β-unsaturated/α-hetero) is 2. The third-order valence-electron chi connectivity index (χ3n) is 11.7. The molecule has 0 aliphatic heterocycles. The summed E-state index contributed by atoms with van der Waals surface area (Å²) in [6, 6.07) is 39.3. The van der Waals surface area contributed by atoms with Gasteiger partial charge in [-0.1, -0.05) is 84.9 Å². The molecule has 0 heterocycles. The number of rotatable bonds is 22. The Labute approximate surface area is 456 Å². The summed E-state index contributed by atoms with van der Waals surface area (Å²) in [7, 11) is 3.93. The number of carbonyl (C=O) groups excluding carboxylic acids is 4. The number of methoxy groups -OCH3 is 2. The summed E-state index contributed by atoms with van der Waals surface area (Å²) in [4.78, 5) is 55.6. The Hall–Kier alpha value is -6.51. The van der Waals surface area contributed by atoms with E-state index < -0.39 is 60.1 Å². The number of sulfonamides is 1. The minimum Gasteiger partial charge on any atom is -0.383 e. The summed E-state index contributed by atoms with van der Waals surface area (Å²) in [5, 5.41) is 0. The number of benzene rings is 6. The first kappa shape index (κ1) is 63.0. The van der Waals surface area contributed by atoms with Crippen LogP contribution in [0.4, 0.5) is 8.78 Å². The first-order valence-electron chi connectivity index (χ1n) is 24.2. The Morgan fingerprint density at radius 3 is 1.21 bits per heavy atom. The molecule has 412 valence electrons. The number of amides is 2. The van der Waals surface area contributed by atoms with Crippen molar-refractivity contribution in [2.75, 3.05) is 41.5 Å². The number of carbonyl (C=O) groups is 4. The van der Waals surface area contributed by atoms with Crippen molar-refractivity contribution >= 4 is 53.1 Å². The molecular formula is C58H67ClF2N4O10S2. The van der Waals surface area contributed by atoms with Gasteiger partial charge in [0.2, 0.25) is 10.0 Å². The topological polar surface area (TPSA) is 200 Å². The van der Waals surface area contributed by atoms with Crippen molar-refractivity contribution in [3.05, 3.63) is 203 Å². The normalized spacial score (nSPS) is 12.4. The van der Waals surface area contributed by atoms with Gasteiger partial charge in [-0.25, -0.2) is 30.3 Å². The van der Waals surface area contributed by atoms with E-state index in [4.69, 9.17) is 25.9 Å². The SMILES string of the molecule is CN(C(=O)c1ccc(F)cc1)[C@@H](Cc1ccccc1)C(=O)Cc1ccc(S(=O)(=O)Cl)cc1.COCC(C)(C)N.COCC(C)(C)NS(=O)(=O)c1ccc(CC(=O)[C@H](Cc2ccccc2)N(C)C(=O)c2ccc(F)cc2)cc1. The molecule has 0 spiro atoms. The fourth-order valence-corrected chi connectivity index (χ4v) is 10.0. The minimum absolute atomic E-state index is 0.00114. The van der Waals surface area contributed by atoms with Crippen molar-refractivity contribution in [2.24, 2.45) is 5.73 Å². The maximum atomic E-state index is 13.5. The highest BCUT2D eigenvalue weighted by Gasteiger charge is 2.31. The van der Waals surface area contributed by atoms with E-state index in [-0.39, 0.29) is 57.5 Å².